The number of hydrogen-bond donors (Lipinski definition) is 2. The normalized spacial score (nSPS) is 20.4. The van der Waals surface area contributed by atoms with Gasteiger partial charge in [-0.25, -0.2) is 9.37 Å². The molecule has 0 saturated carbocycles. The predicted molar refractivity (Wildman–Crippen MR) is 104 cm³/mol. The summed E-state index contributed by atoms with van der Waals surface area (Å²) >= 11 is 0. The van der Waals surface area contributed by atoms with Crippen LogP contribution in [0.1, 0.15) is 32.6 Å². The summed E-state index contributed by atoms with van der Waals surface area (Å²) in [6, 6.07) is 3.25. The number of carbonyl (C=O) groups excluding carboxylic acids is 1. The Bertz CT molecular complexity index is 667. The van der Waals surface area contributed by atoms with Crippen molar-refractivity contribution in [2.24, 2.45) is 4.99 Å². The second-order valence-corrected chi connectivity index (χ2v) is 6.98. The van der Waals surface area contributed by atoms with Crippen LogP contribution in [0.2, 0.25) is 0 Å². The third-order valence-electron chi connectivity index (χ3n) is 4.94. The van der Waals surface area contributed by atoms with Gasteiger partial charge in [0.1, 0.15) is 0 Å². The lowest BCUT2D eigenvalue weighted by atomic mass is 10.3. The molecule has 1 atom stereocenters. The van der Waals surface area contributed by atoms with Crippen molar-refractivity contribution in [3.05, 3.63) is 24.1 Å². The molecule has 0 aliphatic carbocycles. The summed E-state index contributed by atoms with van der Waals surface area (Å²) < 4.78 is 13.9. The van der Waals surface area contributed by atoms with Crippen LogP contribution in [-0.4, -0.2) is 67.1 Å². The standard InChI is InChI=1S/C19H29FN6O/c1-2-21-19(23-10-5-12-25-11-4-7-17(25)27)24-15-8-13-26(14-15)18-16(20)6-3-9-22-18/h3,6,9,15H,2,4-5,7-8,10-14H2,1H3,(H2,21,23,24). The summed E-state index contributed by atoms with van der Waals surface area (Å²) in [5, 5.41) is 6.70. The van der Waals surface area contributed by atoms with Crippen LogP contribution >= 0.6 is 0 Å². The molecule has 0 spiro atoms. The zero-order chi connectivity index (χ0) is 19.1. The van der Waals surface area contributed by atoms with Crippen molar-refractivity contribution in [1.82, 2.24) is 20.5 Å². The first-order valence-corrected chi connectivity index (χ1v) is 9.85. The van der Waals surface area contributed by atoms with E-state index in [-0.39, 0.29) is 17.8 Å². The number of aromatic nitrogens is 1. The Morgan fingerprint density at radius 1 is 1.44 bits per heavy atom. The maximum absolute atomic E-state index is 13.9. The predicted octanol–water partition coefficient (Wildman–Crippen LogP) is 1.37. The van der Waals surface area contributed by atoms with Crippen LogP contribution in [0.5, 0.6) is 0 Å². The molecule has 7 nitrogen and oxygen atoms in total. The van der Waals surface area contributed by atoms with Gasteiger partial charge in [-0.15, -0.1) is 0 Å². The number of likely N-dealkylation sites (tertiary alicyclic amines) is 1. The lowest BCUT2D eigenvalue weighted by molar-refractivity contribution is -0.127. The van der Waals surface area contributed by atoms with Gasteiger partial charge < -0.3 is 20.4 Å². The topological polar surface area (TPSA) is 72.9 Å². The van der Waals surface area contributed by atoms with E-state index in [0.29, 0.717) is 25.3 Å². The summed E-state index contributed by atoms with van der Waals surface area (Å²) in [7, 11) is 0. The van der Waals surface area contributed by atoms with Crippen molar-refractivity contribution in [2.75, 3.05) is 44.2 Å². The van der Waals surface area contributed by atoms with Crippen LogP contribution in [0, 0.1) is 5.82 Å². The van der Waals surface area contributed by atoms with Gasteiger partial charge in [0.05, 0.1) is 0 Å². The Morgan fingerprint density at radius 2 is 2.33 bits per heavy atom. The molecule has 27 heavy (non-hydrogen) atoms. The molecule has 0 bridgehead atoms. The number of halogens is 1. The highest BCUT2D eigenvalue weighted by Crippen LogP contribution is 2.20. The molecule has 0 radical (unpaired) electrons. The molecular formula is C19H29FN6O. The lowest BCUT2D eigenvalue weighted by Crippen LogP contribution is -2.44. The molecule has 0 aromatic carbocycles. The minimum Gasteiger partial charge on any atom is -0.357 e. The summed E-state index contributed by atoms with van der Waals surface area (Å²) in [6.07, 6.45) is 5.04. The lowest BCUT2D eigenvalue weighted by Gasteiger charge is -2.20. The van der Waals surface area contributed by atoms with E-state index < -0.39 is 0 Å². The molecular weight excluding hydrogens is 347 g/mol. The van der Waals surface area contributed by atoms with Gasteiger partial charge in [0.2, 0.25) is 5.91 Å². The van der Waals surface area contributed by atoms with Gasteiger partial charge in [-0.1, -0.05) is 0 Å². The number of anilines is 1. The first kappa shape index (κ1) is 19.4. The summed E-state index contributed by atoms with van der Waals surface area (Å²) in [6.45, 7) is 6.60. The van der Waals surface area contributed by atoms with Crippen molar-refractivity contribution in [3.63, 3.8) is 0 Å². The van der Waals surface area contributed by atoms with Crippen LogP contribution < -0.4 is 15.5 Å². The maximum Gasteiger partial charge on any atom is 0.222 e. The Labute approximate surface area is 160 Å². The van der Waals surface area contributed by atoms with E-state index in [1.165, 1.54) is 6.07 Å². The molecule has 2 N–H and O–H groups in total. The zero-order valence-corrected chi connectivity index (χ0v) is 16.0. The number of nitrogens with one attached hydrogen (secondary N) is 2. The Balaban J connectivity index is 1.47. The average Bonchev–Trinajstić information content (AvgIpc) is 3.28. The van der Waals surface area contributed by atoms with Crippen molar-refractivity contribution in [1.29, 1.82) is 0 Å². The third-order valence-corrected chi connectivity index (χ3v) is 4.94. The van der Waals surface area contributed by atoms with Gasteiger partial charge in [0.25, 0.3) is 0 Å². The fraction of sp³-hybridized carbons (Fsp3) is 0.632. The molecule has 8 heteroatoms. The largest absolute Gasteiger partial charge is 0.357 e. The van der Waals surface area contributed by atoms with E-state index in [2.05, 4.69) is 20.6 Å². The van der Waals surface area contributed by atoms with E-state index in [0.717, 1.165) is 51.4 Å². The van der Waals surface area contributed by atoms with Gasteiger partial charge in [0, 0.05) is 57.9 Å². The van der Waals surface area contributed by atoms with Gasteiger partial charge in [-0.2, -0.15) is 0 Å². The molecule has 3 rings (SSSR count). The van der Waals surface area contributed by atoms with E-state index in [1.54, 1.807) is 12.3 Å². The smallest absolute Gasteiger partial charge is 0.222 e. The molecule has 1 amide bonds. The Kier molecular flexibility index (Phi) is 6.84. The number of amides is 1. The molecule has 1 aromatic heterocycles. The van der Waals surface area contributed by atoms with Crippen LogP contribution in [0.4, 0.5) is 10.2 Å². The number of hydrogen-bond acceptors (Lipinski definition) is 4. The van der Waals surface area contributed by atoms with Gasteiger partial charge in [-0.05, 0) is 38.3 Å². The van der Waals surface area contributed by atoms with Crippen molar-refractivity contribution in [2.45, 2.75) is 38.6 Å². The molecule has 2 aliphatic rings. The Morgan fingerprint density at radius 3 is 3.07 bits per heavy atom. The van der Waals surface area contributed by atoms with Crippen LogP contribution in [-0.2, 0) is 4.79 Å². The number of pyridine rings is 1. The molecule has 2 aliphatic heterocycles. The van der Waals surface area contributed by atoms with Crippen molar-refractivity contribution in [3.8, 4) is 0 Å². The van der Waals surface area contributed by atoms with E-state index in [4.69, 9.17) is 0 Å². The number of aliphatic imine (C=N–C) groups is 1. The molecule has 1 unspecified atom stereocenters. The number of nitrogens with zero attached hydrogens (tertiary/aromatic N) is 4. The minimum atomic E-state index is -0.282. The van der Waals surface area contributed by atoms with Crippen LogP contribution in [0.25, 0.3) is 0 Å². The van der Waals surface area contributed by atoms with Crippen molar-refractivity contribution < 1.29 is 9.18 Å². The molecule has 2 fully saturated rings. The number of guanidine groups is 1. The van der Waals surface area contributed by atoms with E-state index >= 15 is 0 Å². The summed E-state index contributed by atoms with van der Waals surface area (Å²) in [5.74, 6) is 1.17. The monoisotopic (exact) mass is 376 g/mol. The van der Waals surface area contributed by atoms with E-state index in [1.807, 2.05) is 16.7 Å². The zero-order valence-electron chi connectivity index (χ0n) is 16.0. The Hall–Kier alpha value is -2.38. The van der Waals surface area contributed by atoms with Gasteiger partial charge in [0.15, 0.2) is 17.6 Å². The molecule has 3 heterocycles. The van der Waals surface area contributed by atoms with Crippen molar-refractivity contribution >= 4 is 17.7 Å². The van der Waals surface area contributed by atoms with Gasteiger partial charge >= 0.3 is 0 Å². The molecule has 2 saturated heterocycles. The maximum atomic E-state index is 13.9. The first-order valence-electron chi connectivity index (χ1n) is 9.85. The van der Waals surface area contributed by atoms with Crippen LogP contribution in [0.15, 0.2) is 23.3 Å². The highest BCUT2D eigenvalue weighted by Gasteiger charge is 2.26. The molecule has 1 aromatic rings. The summed E-state index contributed by atoms with van der Waals surface area (Å²) in [4.78, 5) is 24.3. The fourth-order valence-corrected chi connectivity index (χ4v) is 3.59. The third kappa shape index (κ3) is 5.30. The average molecular weight is 376 g/mol. The quantitative estimate of drug-likeness (QED) is 0.427. The van der Waals surface area contributed by atoms with E-state index in [9.17, 15) is 9.18 Å². The number of carbonyl (C=O) groups is 1. The van der Waals surface area contributed by atoms with Gasteiger partial charge in [-0.3, -0.25) is 9.79 Å². The van der Waals surface area contributed by atoms with Crippen LogP contribution in [0.3, 0.4) is 0 Å². The second kappa shape index (κ2) is 9.53. The highest BCUT2D eigenvalue weighted by molar-refractivity contribution is 5.80. The number of rotatable bonds is 7. The SMILES string of the molecule is CCNC(=NCCCN1CCCC1=O)NC1CCN(c2ncccc2F)C1. The minimum absolute atomic E-state index is 0.198. The molecule has 148 valence electrons. The fourth-order valence-electron chi connectivity index (χ4n) is 3.59. The highest BCUT2D eigenvalue weighted by atomic mass is 19.1. The first-order chi connectivity index (χ1) is 13.2. The summed E-state index contributed by atoms with van der Waals surface area (Å²) in [5.41, 5.74) is 0. The second-order valence-electron chi connectivity index (χ2n) is 6.98.